The fourth-order valence-corrected chi connectivity index (χ4v) is 1.85. The van der Waals surface area contributed by atoms with Crippen molar-refractivity contribution in [3.63, 3.8) is 0 Å². The Morgan fingerprint density at radius 1 is 1.20 bits per heavy atom. The first-order valence-corrected chi connectivity index (χ1v) is 5.81. The van der Waals surface area contributed by atoms with Crippen molar-refractivity contribution < 1.29 is 0 Å². The van der Waals surface area contributed by atoms with Gasteiger partial charge in [-0.25, -0.2) is 0 Å². The fourth-order valence-electron chi connectivity index (χ4n) is 1.85. The van der Waals surface area contributed by atoms with Gasteiger partial charge in [-0.3, -0.25) is 4.98 Å². The van der Waals surface area contributed by atoms with E-state index >= 15 is 0 Å². The molecule has 0 aliphatic rings. The number of pyridine rings is 1. The van der Waals surface area contributed by atoms with Crippen molar-refractivity contribution in [2.24, 2.45) is 5.92 Å². The molecule has 0 saturated heterocycles. The van der Waals surface area contributed by atoms with Gasteiger partial charge in [0.25, 0.3) is 0 Å². The molecular formula is C13H22N2. The van der Waals surface area contributed by atoms with E-state index in [0.717, 1.165) is 0 Å². The number of hydrogen-bond donors (Lipinski definition) is 1. The van der Waals surface area contributed by atoms with Crippen molar-refractivity contribution in [2.45, 2.75) is 46.2 Å². The maximum absolute atomic E-state index is 4.03. The second-order valence-corrected chi connectivity index (χ2v) is 4.43. The lowest BCUT2D eigenvalue weighted by molar-refractivity contribution is 0.356. The van der Waals surface area contributed by atoms with E-state index in [2.05, 4.69) is 50.1 Å². The molecule has 1 rings (SSSR count). The molecule has 0 radical (unpaired) electrons. The summed E-state index contributed by atoms with van der Waals surface area (Å²) in [5.41, 5.74) is 1.31. The molecule has 0 aliphatic carbocycles. The van der Waals surface area contributed by atoms with Crippen molar-refractivity contribution >= 4 is 0 Å². The number of nitrogens with one attached hydrogen (secondary N) is 1. The normalized spacial score (nSPS) is 15.3. The summed E-state index contributed by atoms with van der Waals surface area (Å²) in [5.74, 6) is 0.680. The Hall–Kier alpha value is -0.890. The number of rotatable bonds is 5. The molecule has 15 heavy (non-hydrogen) atoms. The summed E-state index contributed by atoms with van der Waals surface area (Å²) >= 11 is 0. The first-order chi connectivity index (χ1) is 7.15. The average molecular weight is 206 g/mol. The van der Waals surface area contributed by atoms with Crippen LogP contribution < -0.4 is 5.32 Å². The molecule has 0 amide bonds. The van der Waals surface area contributed by atoms with Crippen LogP contribution in [-0.2, 0) is 0 Å². The molecule has 1 aromatic rings. The summed E-state index contributed by atoms with van der Waals surface area (Å²) in [6, 6.07) is 5.14. The Kier molecular flexibility index (Phi) is 4.76. The van der Waals surface area contributed by atoms with Crippen LogP contribution in [0.2, 0.25) is 0 Å². The SMILES string of the molecule is CCC(N[C@H](C)c1ccncc1)C(C)C. The molecule has 1 aromatic heterocycles. The Balaban J connectivity index is 2.58. The van der Waals surface area contributed by atoms with Crippen molar-refractivity contribution in [1.29, 1.82) is 0 Å². The van der Waals surface area contributed by atoms with Crippen LogP contribution in [0.5, 0.6) is 0 Å². The molecule has 2 nitrogen and oxygen atoms in total. The standard InChI is InChI=1S/C13H22N2/c1-5-13(10(2)3)15-11(4)12-6-8-14-9-7-12/h6-11,13,15H,5H2,1-4H3/t11-,13?/m1/s1. The van der Waals surface area contributed by atoms with Gasteiger partial charge >= 0.3 is 0 Å². The molecule has 0 spiro atoms. The van der Waals surface area contributed by atoms with Gasteiger partial charge in [0.2, 0.25) is 0 Å². The highest BCUT2D eigenvalue weighted by molar-refractivity contribution is 5.14. The van der Waals surface area contributed by atoms with Gasteiger partial charge in [-0.15, -0.1) is 0 Å². The van der Waals surface area contributed by atoms with E-state index < -0.39 is 0 Å². The minimum atomic E-state index is 0.403. The summed E-state index contributed by atoms with van der Waals surface area (Å²) < 4.78 is 0. The highest BCUT2D eigenvalue weighted by atomic mass is 14.9. The van der Waals surface area contributed by atoms with Crippen LogP contribution in [0.4, 0.5) is 0 Å². The van der Waals surface area contributed by atoms with Crippen molar-refractivity contribution in [3.8, 4) is 0 Å². The van der Waals surface area contributed by atoms with E-state index in [1.807, 2.05) is 12.4 Å². The molecule has 0 saturated carbocycles. The number of aromatic nitrogens is 1. The summed E-state index contributed by atoms with van der Waals surface area (Å²) in [4.78, 5) is 4.03. The fraction of sp³-hybridized carbons (Fsp3) is 0.615. The highest BCUT2D eigenvalue weighted by Crippen LogP contribution is 2.15. The zero-order valence-corrected chi connectivity index (χ0v) is 10.2. The quantitative estimate of drug-likeness (QED) is 0.800. The van der Waals surface area contributed by atoms with Crippen molar-refractivity contribution in [2.75, 3.05) is 0 Å². The zero-order chi connectivity index (χ0) is 11.3. The highest BCUT2D eigenvalue weighted by Gasteiger charge is 2.14. The molecule has 1 heterocycles. The third kappa shape index (κ3) is 3.63. The third-order valence-electron chi connectivity index (χ3n) is 2.91. The van der Waals surface area contributed by atoms with Gasteiger partial charge in [0.05, 0.1) is 0 Å². The average Bonchev–Trinajstić information content (AvgIpc) is 2.26. The van der Waals surface area contributed by atoms with Crippen LogP contribution >= 0.6 is 0 Å². The molecule has 2 heteroatoms. The Morgan fingerprint density at radius 2 is 1.80 bits per heavy atom. The lowest BCUT2D eigenvalue weighted by Gasteiger charge is -2.25. The molecule has 0 aromatic carbocycles. The maximum atomic E-state index is 4.03. The predicted molar refractivity (Wildman–Crippen MR) is 64.7 cm³/mol. The molecule has 0 aliphatic heterocycles. The topological polar surface area (TPSA) is 24.9 Å². The van der Waals surface area contributed by atoms with Gasteiger partial charge in [0, 0.05) is 24.5 Å². The van der Waals surface area contributed by atoms with Gasteiger partial charge in [-0.05, 0) is 37.0 Å². The van der Waals surface area contributed by atoms with Crippen LogP contribution in [0.25, 0.3) is 0 Å². The second-order valence-electron chi connectivity index (χ2n) is 4.43. The lowest BCUT2D eigenvalue weighted by atomic mass is 9.99. The van der Waals surface area contributed by atoms with Gasteiger partial charge in [-0.1, -0.05) is 20.8 Å². The van der Waals surface area contributed by atoms with E-state index in [0.29, 0.717) is 18.0 Å². The largest absolute Gasteiger partial charge is 0.307 e. The molecular weight excluding hydrogens is 184 g/mol. The summed E-state index contributed by atoms with van der Waals surface area (Å²) in [5, 5.41) is 3.65. The predicted octanol–water partition coefficient (Wildman–Crippen LogP) is 3.17. The monoisotopic (exact) mass is 206 g/mol. The maximum Gasteiger partial charge on any atom is 0.0295 e. The van der Waals surface area contributed by atoms with Crippen LogP contribution in [0.1, 0.15) is 45.7 Å². The van der Waals surface area contributed by atoms with E-state index in [9.17, 15) is 0 Å². The summed E-state index contributed by atoms with van der Waals surface area (Å²) in [6.07, 6.45) is 4.88. The Morgan fingerprint density at radius 3 is 2.27 bits per heavy atom. The van der Waals surface area contributed by atoms with Crippen LogP contribution in [0.15, 0.2) is 24.5 Å². The van der Waals surface area contributed by atoms with E-state index in [-0.39, 0.29) is 0 Å². The zero-order valence-electron chi connectivity index (χ0n) is 10.2. The van der Waals surface area contributed by atoms with Gasteiger partial charge < -0.3 is 5.32 Å². The molecule has 1 N–H and O–H groups in total. The lowest BCUT2D eigenvalue weighted by Crippen LogP contribution is -2.35. The second kappa shape index (κ2) is 5.86. The Labute approximate surface area is 93.1 Å². The molecule has 1 unspecified atom stereocenters. The number of nitrogens with zero attached hydrogens (tertiary/aromatic N) is 1. The molecule has 84 valence electrons. The van der Waals surface area contributed by atoms with Crippen molar-refractivity contribution in [3.05, 3.63) is 30.1 Å². The molecule has 2 atom stereocenters. The van der Waals surface area contributed by atoms with Crippen molar-refractivity contribution in [1.82, 2.24) is 10.3 Å². The van der Waals surface area contributed by atoms with E-state index in [1.54, 1.807) is 0 Å². The first kappa shape index (κ1) is 12.2. The molecule has 0 bridgehead atoms. The summed E-state index contributed by atoms with van der Waals surface area (Å²) in [7, 11) is 0. The van der Waals surface area contributed by atoms with Crippen LogP contribution in [0.3, 0.4) is 0 Å². The van der Waals surface area contributed by atoms with Crippen LogP contribution in [0, 0.1) is 5.92 Å². The minimum absolute atomic E-state index is 0.403. The number of hydrogen-bond acceptors (Lipinski definition) is 2. The smallest absolute Gasteiger partial charge is 0.0295 e. The minimum Gasteiger partial charge on any atom is -0.307 e. The van der Waals surface area contributed by atoms with E-state index in [4.69, 9.17) is 0 Å². The van der Waals surface area contributed by atoms with Gasteiger partial charge in [0.1, 0.15) is 0 Å². The molecule has 0 fully saturated rings. The van der Waals surface area contributed by atoms with Gasteiger partial charge in [0.15, 0.2) is 0 Å². The Bertz CT molecular complexity index is 269. The third-order valence-corrected chi connectivity index (χ3v) is 2.91. The summed E-state index contributed by atoms with van der Waals surface area (Å²) in [6.45, 7) is 8.97. The first-order valence-electron chi connectivity index (χ1n) is 5.81. The van der Waals surface area contributed by atoms with E-state index in [1.165, 1.54) is 12.0 Å². The van der Waals surface area contributed by atoms with Crippen LogP contribution in [-0.4, -0.2) is 11.0 Å². The van der Waals surface area contributed by atoms with Gasteiger partial charge in [-0.2, -0.15) is 0 Å².